The van der Waals surface area contributed by atoms with Crippen LogP contribution in [0, 0.1) is 0 Å². The number of halogens is 1. The number of ether oxygens (including phenoxy) is 1. The molecule has 3 unspecified atom stereocenters. The Bertz CT molecular complexity index is 546. The van der Waals surface area contributed by atoms with Crippen LogP contribution in [0.2, 0.25) is 0 Å². The molecule has 18 heavy (non-hydrogen) atoms. The van der Waals surface area contributed by atoms with Gasteiger partial charge in [-0.3, -0.25) is 0 Å². The van der Waals surface area contributed by atoms with E-state index < -0.39 is 0 Å². The maximum absolute atomic E-state index is 6.63. The van der Waals surface area contributed by atoms with Crippen molar-refractivity contribution in [2.24, 2.45) is 0 Å². The van der Waals surface area contributed by atoms with E-state index in [9.17, 15) is 0 Å². The monoisotopic (exact) mass is 260 g/mol. The zero-order valence-electron chi connectivity index (χ0n) is 10.5. The van der Waals surface area contributed by atoms with E-state index >= 15 is 0 Å². The Morgan fingerprint density at radius 1 is 1.11 bits per heavy atom. The summed E-state index contributed by atoms with van der Waals surface area (Å²) in [7, 11) is 0. The fourth-order valence-electron chi connectivity index (χ4n) is 2.74. The molecule has 0 N–H and O–H groups in total. The molecule has 1 nitrogen and oxygen atoms in total. The summed E-state index contributed by atoms with van der Waals surface area (Å²) in [5.41, 5.74) is 1.19. The summed E-state index contributed by atoms with van der Waals surface area (Å²) in [6, 6.07) is 14.7. The molecule has 94 valence electrons. The van der Waals surface area contributed by atoms with Gasteiger partial charge in [-0.05, 0) is 36.1 Å². The van der Waals surface area contributed by atoms with Gasteiger partial charge in [0.2, 0.25) is 0 Å². The molecule has 1 saturated heterocycles. The zero-order chi connectivity index (χ0) is 12.5. The predicted octanol–water partition coefficient (Wildman–Crippen LogP) is 4.69. The van der Waals surface area contributed by atoms with E-state index in [2.05, 4.69) is 49.4 Å². The van der Waals surface area contributed by atoms with Crippen molar-refractivity contribution in [1.29, 1.82) is 0 Å². The lowest BCUT2D eigenvalue weighted by Gasteiger charge is -2.19. The Balaban J connectivity index is 1.98. The summed E-state index contributed by atoms with van der Waals surface area (Å²) in [5, 5.41) is 2.43. The van der Waals surface area contributed by atoms with Crippen LogP contribution < -0.4 is 0 Å². The molecule has 0 saturated carbocycles. The van der Waals surface area contributed by atoms with Gasteiger partial charge in [0.25, 0.3) is 0 Å². The molecule has 0 radical (unpaired) electrons. The van der Waals surface area contributed by atoms with Crippen molar-refractivity contribution in [2.45, 2.75) is 37.4 Å². The molecule has 1 aliphatic heterocycles. The van der Waals surface area contributed by atoms with Crippen molar-refractivity contribution in [1.82, 2.24) is 0 Å². The zero-order valence-corrected chi connectivity index (χ0v) is 11.2. The highest BCUT2D eigenvalue weighted by molar-refractivity contribution is 6.22. The van der Waals surface area contributed by atoms with Gasteiger partial charge in [0, 0.05) is 0 Å². The molecule has 3 atom stereocenters. The Labute approximate surface area is 113 Å². The normalized spacial score (nSPS) is 25.4. The van der Waals surface area contributed by atoms with Crippen LogP contribution in [0.5, 0.6) is 0 Å². The van der Waals surface area contributed by atoms with Crippen molar-refractivity contribution in [3.63, 3.8) is 0 Å². The SMILES string of the molecule is CC1CCC(C(Cl)c2cccc3ccccc23)O1. The van der Waals surface area contributed by atoms with Crippen molar-refractivity contribution >= 4 is 22.4 Å². The third kappa shape index (κ3) is 2.13. The van der Waals surface area contributed by atoms with E-state index in [4.69, 9.17) is 16.3 Å². The predicted molar refractivity (Wildman–Crippen MR) is 76.1 cm³/mol. The second-order valence-corrected chi connectivity index (χ2v) is 5.50. The molecule has 2 aromatic rings. The molecule has 0 aromatic heterocycles. The summed E-state index contributed by atoms with van der Waals surface area (Å²) in [5.74, 6) is 0. The quantitative estimate of drug-likeness (QED) is 0.712. The molecule has 0 spiro atoms. The van der Waals surface area contributed by atoms with E-state index in [1.165, 1.54) is 16.3 Å². The highest BCUT2D eigenvalue weighted by Crippen LogP contribution is 2.37. The van der Waals surface area contributed by atoms with Gasteiger partial charge in [0.1, 0.15) is 0 Å². The lowest BCUT2D eigenvalue weighted by molar-refractivity contribution is 0.0535. The smallest absolute Gasteiger partial charge is 0.0853 e. The number of alkyl halides is 1. The van der Waals surface area contributed by atoms with Gasteiger partial charge in [-0.2, -0.15) is 0 Å². The van der Waals surface area contributed by atoms with Crippen molar-refractivity contribution in [3.8, 4) is 0 Å². The second-order valence-electron chi connectivity index (χ2n) is 5.03. The molecule has 2 aromatic carbocycles. The Morgan fingerprint density at radius 2 is 1.89 bits per heavy atom. The first-order chi connectivity index (χ1) is 8.75. The van der Waals surface area contributed by atoms with Crippen LogP contribution in [0.4, 0.5) is 0 Å². The van der Waals surface area contributed by atoms with Crippen LogP contribution in [0.15, 0.2) is 42.5 Å². The number of hydrogen-bond donors (Lipinski definition) is 0. The minimum atomic E-state index is -0.0546. The van der Waals surface area contributed by atoms with Crippen LogP contribution in [0.25, 0.3) is 10.8 Å². The standard InChI is InChI=1S/C16H17ClO/c1-11-9-10-15(18-11)16(17)14-8-4-6-12-5-2-3-7-13(12)14/h2-8,11,15-16H,9-10H2,1H3. The molecule has 0 bridgehead atoms. The lowest BCUT2D eigenvalue weighted by Crippen LogP contribution is -2.14. The van der Waals surface area contributed by atoms with Crippen molar-refractivity contribution in [2.75, 3.05) is 0 Å². The van der Waals surface area contributed by atoms with Gasteiger partial charge in [-0.15, -0.1) is 11.6 Å². The van der Waals surface area contributed by atoms with E-state index in [0.29, 0.717) is 6.10 Å². The summed E-state index contributed by atoms with van der Waals surface area (Å²) in [6.45, 7) is 2.12. The number of benzene rings is 2. The van der Waals surface area contributed by atoms with Crippen molar-refractivity contribution in [3.05, 3.63) is 48.0 Å². The highest BCUT2D eigenvalue weighted by atomic mass is 35.5. The van der Waals surface area contributed by atoms with Gasteiger partial charge in [0.05, 0.1) is 17.6 Å². The molecule has 3 rings (SSSR count). The van der Waals surface area contributed by atoms with E-state index in [1.54, 1.807) is 0 Å². The molecular weight excluding hydrogens is 244 g/mol. The fourth-order valence-corrected chi connectivity index (χ4v) is 3.12. The van der Waals surface area contributed by atoms with Gasteiger partial charge >= 0.3 is 0 Å². The molecule has 1 fully saturated rings. The summed E-state index contributed by atoms with van der Waals surface area (Å²) >= 11 is 6.63. The maximum atomic E-state index is 6.63. The lowest BCUT2D eigenvalue weighted by atomic mass is 9.98. The van der Waals surface area contributed by atoms with Gasteiger partial charge < -0.3 is 4.74 Å². The van der Waals surface area contributed by atoms with Crippen LogP contribution >= 0.6 is 11.6 Å². The largest absolute Gasteiger partial charge is 0.373 e. The Hall–Kier alpha value is -1.05. The molecule has 1 aliphatic rings. The van der Waals surface area contributed by atoms with E-state index in [0.717, 1.165) is 12.8 Å². The van der Waals surface area contributed by atoms with Crippen LogP contribution in [0.3, 0.4) is 0 Å². The van der Waals surface area contributed by atoms with Crippen LogP contribution in [0.1, 0.15) is 30.7 Å². The number of rotatable bonds is 2. The summed E-state index contributed by atoms with van der Waals surface area (Å²) < 4.78 is 5.89. The molecule has 1 heterocycles. The minimum absolute atomic E-state index is 0.0546. The first kappa shape index (κ1) is 12.0. The number of fused-ring (bicyclic) bond motifs is 1. The maximum Gasteiger partial charge on any atom is 0.0853 e. The van der Waals surface area contributed by atoms with Crippen molar-refractivity contribution < 1.29 is 4.74 Å². The van der Waals surface area contributed by atoms with Gasteiger partial charge in [-0.1, -0.05) is 42.5 Å². The molecule has 0 aliphatic carbocycles. The van der Waals surface area contributed by atoms with E-state index in [1.807, 2.05) is 0 Å². The summed E-state index contributed by atoms with van der Waals surface area (Å²) in [4.78, 5) is 0. The topological polar surface area (TPSA) is 9.23 Å². The Kier molecular flexibility index (Phi) is 3.27. The molecule has 0 amide bonds. The average molecular weight is 261 g/mol. The number of hydrogen-bond acceptors (Lipinski definition) is 1. The third-order valence-corrected chi connectivity index (χ3v) is 4.23. The fraction of sp³-hybridized carbons (Fsp3) is 0.375. The third-order valence-electron chi connectivity index (χ3n) is 3.71. The Morgan fingerprint density at radius 3 is 2.67 bits per heavy atom. The molecular formula is C16H17ClO. The van der Waals surface area contributed by atoms with Crippen LogP contribution in [-0.2, 0) is 4.74 Å². The first-order valence-corrected chi connectivity index (χ1v) is 6.96. The highest BCUT2D eigenvalue weighted by Gasteiger charge is 2.30. The van der Waals surface area contributed by atoms with Gasteiger partial charge in [0.15, 0.2) is 0 Å². The summed E-state index contributed by atoms with van der Waals surface area (Å²) in [6.07, 6.45) is 2.65. The second kappa shape index (κ2) is 4.91. The minimum Gasteiger partial charge on any atom is -0.373 e. The van der Waals surface area contributed by atoms with Gasteiger partial charge in [-0.25, -0.2) is 0 Å². The first-order valence-electron chi connectivity index (χ1n) is 6.53. The molecule has 2 heteroatoms. The van der Waals surface area contributed by atoms with E-state index in [-0.39, 0.29) is 11.5 Å². The van der Waals surface area contributed by atoms with Crippen LogP contribution in [-0.4, -0.2) is 12.2 Å². The average Bonchev–Trinajstić information content (AvgIpc) is 2.84.